The standard InChI is InChI=1S/C14H24N2O3/c1-18-11-8-16(7-9-17)6-3-10-19-14-5-2-4-13(15)12-14/h2,4-5,12,17H,3,6-11,15H2,1H3. The van der Waals surface area contributed by atoms with Gasteiger partial charge in [0.05, 0.1) is 19.8 Å². The van der Waals surface area contributed by atoms with E-state index in [0.717, 1.165) is 25.3 Å². The molecule has 0 aliphatic rings. The molecule has 0 saturated carbocycles. The van der Waals surface area contributed by atoms with Crippen LogP contribution in [-0.4, -0.2) is 56.6 Å². The lowest BCUT2D eigenvalue weighted by Gasteiger charge is -2.20. The van der Waals surface area contributed by atoms with E-state index in [4.69, 9.17) is 20.3 Å². The molecule has 0 unspecified atom stereocenters. The third-order valence-corrected chi connectivity index (χ3v) is 2.77. The Balaban J connectivity index is 2.20. The number of methoxy groups -OCH3 is 1. The predicted octanol–water partition coefficient (Wildman–Crippen LogP) is 0.978. The molecule has 5 heteroatoms. The number of ether oxygens (including phenoxy) is 2. The van der Waals surface area contributed by atoms with Gasteiger partial charge in [-0.15, -0.1) is 0 Å². The second-order valence-corrected chi connectivity index (χ2v) is 4.33. The Hall–Kier alpha value is -1.30. The molecule has 5 nitrogen and oxygen atoms in total. The zero-order valence-corrected chi connectivity index (χ0v) is 11.5. The van der Waals surface area contributed by atoms with Crippen molar-refractivity contribution >= 4 is 5.69 Å². The van der Waals surface area contributed by atoms with Crippen LogP contribution in [0.1, 0.15) is 6.42 Å². The van der Waals surface area contributed by atoms with E-state index >= 15 is 0 Å². The molecule has 108 valence electrons. The van der Waals surface area contributed by atoms with Crippen molar-refractivity contribution in [3.8, 4) is 5.75 Å². The van der Waals surface area contributed by atoms with Gasteiger partial charge in [0.1, 0.15) is 5.75 Å². The van der Waals surface area contributed by atoms with E-state index in [2.05, 4.69) is 4.90 Å². The molecule has 0 saturated heterocycles. The van der Waals surface area contributed by atoms with Gasteiger partial charge in [-0.2, -0.15) is 0 Å². The molecule has 0 bridgehead atoms. The number of aliphatic hydroxyl groups excluding tert-OH is 1. The number of benzene rings is 1. The van der Waals surface area contributed by atoms with E-state index in [1.54, 1.807) is 7.11 Å². The van der Waals surface area contributed by atoms with Crippen LogP contribution in [-0.2, 0) is 4.74 Å². The van der Waals surface area contributed by atoms with Crippen LogP contribution in [0.4, 0.5) is 5.69 Å². The smallest absolute Gasteiger partial charge is 0.121 e. The van der Waals surface area contributed by atoms with Crippen molar-refractivity contribution < 1.29 is 14.6 Å². The molecule has 3 N–H and O–H groups in total. The van der Waals surface area contributed by atoms with E-state index < -0.39 is 0 Å². The molecular weight excluding hydrogens is 244 g/mol. The second-order valence-electron chi connectivity index (χ2n) is 4.33. The SMILES string of the molecule is COCCN(CCO)CCCOc1cccc(N)c1. The van der Waals surface area contributed by atoms with Crippen LogP contribution in [0.3, 0.4) is 0 Å². The summed E-state index contributed by atoms with van der Waals surface area (Å²) in [6, 6.07) is 7.42. The molecule has 0 aliphatic carbocycles. The highest BCUT2D eigenvalue weighted by Gasteiger charge is 2.03. The van der Waals surface area contributed by atoms with E-state index in [0.29, 0.717) is 25.4 Å². The number of rotatable bonds is 10. The fourth-order valence-electron chi connectivity index (χ4n) is 1.78. The van der Waals surface area contributed by atoms with Crippen molar-refractivity contribution in [3.05, 3.63) is 24.3 Å². The van der Waals surface area contributed by atoms with E-state index in [1.165, 1.54) is 0 Å². The zero-order chi connectivity index (χ0) is 13.9. The topological polar surface area (TPSA) is 68.0 Å². The van der Waals surface area contributed by atoms with Gasteiger partial charge in [0.25, 0.3) is 0 Å². The molecular formula is C14H24N2O3. The van der Waals surface area contributed by atoms with Crippen LogP contribution >= 0.6 is 0 Å². The number of nitrogens with zero attached hydrogens (tertiary/aromatic N) is 1. The van der Waals surface area contributed by atoms with E-state index in [9.17, 15) is 0 Å². The molecule has 0 spiro atoms. The zero-order valence-electron chi connectivity index (χ0n) is 11.5. The highest BCUT2D eigenvalue weighted by atomic mass is 16.5. The van der Waals surface area contributed by atoms with Gasteiger partial charge in [0.2, 0.25) is 0 Å². The summed E-state index contributed by atoms with van der Waals surface area (Å²) in [5.41, 5.74) is 6.38. The average molecular weight is 268 g/mol. The van der Waals surface area contributed by atoms with Gasteiger partial charge in [-0.3, -0.25) is 4.90 Å². The van der Waals surface area contributed by atoms with Crippen LogP contribution in [0.25, 0.3) is 0 Å². The Morgan fingerprint density at radius 3 is 2.74 bits per heavy atom. The van der Waals surface area contributed by atoms with Crippen LogP contribution in [0.15, 0.2) is 24.3 Å². The monoisotopic (exact) mass is 268 g/mol. The van der Waals surface area contributed by atoms with Gasteiger partial charge in [-0.25, -0.2) is 0 Å². The van der Waals surface area contributed by atoms with Crippen molar-refractivity contribution in [2.75, 3.05) is 52.3 Å². The Bertz CT molecular complexity index is 347. The quantitative estimate of drug-likeness (QED) is 0.489. The number of aliphatic hydroxyl groups is 1. The molecule has 19 heavy (non-hydrogen) atoms. The second kappa shape index (κ2) is 9.61. The van der Waals surface area contributed by atoms with Gasteiger partial charge in [-0.05, 0) is 18.6 Å². The van der Waals surface area contributed by atoms with Crippen LogP contribution in [0.2, 0.25) is 0 Å². The maximum absolute atomic E-state index is 8.97. The Morgan fingerprint density at radius 2 is 2.05 bits per heavy atom. The highest BCUT2D eigenvalue weighted by Crippen LogP contribution is 2.14. The molecule has 1 aromatic carbocycles. The van der Waals surface area contributed by atoms with Crippen molar-refractivity contribution in [3.63, 3.8) is 0 Å². The van der Waals surface area contributed by atoms with Crippen molar-refractivity contribution in [1.29, 1.82) is 0 Å². The summed E-state index contributed by atoms with van der Waals surface area (Å²) in [4.78, 5) is 2.16. The normalized spacial score (nSPS) is 10.9. The number of nitrogens with two attached hydrogens (primary N) is 1. The van der Waals surface area contributed by atoms with Crippen LogP contribution in [0.5, 0.6) is 5.75 Å². The minimum atomic E-state index is 0.166. The van der Waals surface area contributed by atoms with E-state index in [-0.39, 0.29) is 6.61 Å². The predicted molar refractivity (Wildman–Crippen MR) is 76.4 cm³/mol. The molecule has 1 rings (SSSR count). The molecule has 0 heterocycles. The molecule has 0 radical (unpaired) electrons. The van der Waals surface area contributed by atoms with Crippen molar-refractivity contribution in [2.45, 2.75) is 6.42 Å². The van der Waals surface area contributed by atoms with Crippen LogP contribution < -0.4 is 10.5 Å². The van der Waals surface area contributed by atoms with Crippen molar-refractivity contribution in [2.24, 2.45) is 0 Å². The minimum Gasteiger partial charge on any atom is -0.493 e. The molecule has 0 fully saturated rings. The van der Waals surface area contributed by atoms with E-state index in [1.807, 2.05) is 24.3 Å². The average Bonchev–Trinajstić information content (AvgIpc) is 2.41. The molecule has 0 atom stereocenters. The number of hydrogen-bond donors (Lipinski definition) is 2. The minimum absolute atomic E-state index is 0.166. The third kappa shape index (κ3) is 7.00. The molecule has 0 aliphatic heterocycles. The lowest BCUT2D eigenvalue weighted by Crippen LogP contribution is -2.32. The Labute approximate surface area is 114 Å². The maximum atomic E-state index is 8.97. The van der Waals surface area contributed by atoms with Crippen molar-refractivity contribution in [1.82, 2.24) is 4.90 Å². The lowest BCUT2D eigenvalue weighted by atomic mass is 10.3. The summed E-state index contributed by atoms with van der Waals surface area (Å²) in [5, 5.41) is 8.97. The van der Waals surface area contributed by atoms with Gasteiger partial charge < -0.3 is 20.3 Å². The van der Waals surface area contributed by atoms with Gasteiger partial charge >= 0.3 is 0 Å². The van der Waals surface area contributed by atoms with Gasteiger partial charge in [-0.1, -0.05) is 6.07 Å². The van der Waals surface area contributed by atoms with Crippen LogP contribution in [0, 0.1) is 0 Å². The number of nitrogen functional groups attached to an aromatic ring is 1. The highest BCUT2D eigenvalue weighted by molar-refractivity contribution is 5.43. The summed E-state index contributed by atoms with van der Waals surface area (Å²) in [6.07, 6.45) is 0.901. The van der Waals surface area contributed by atoms with Gasteiger partial charge in [0.15, 0.2) is 0 Å². The third-order valence-electron chi connectivity index (χ3n) is 2.77. The Kier molecular flexibility index (Phi) is 7.97. The summed E-state index contributed by atoms with van der Waals surface area (Å²) in [6.45, 7) is 3.86. The molecule has 0 aromatic heterocycles. The Morgan fingerprint density at radius 1 is 1.21 bits per heavy atom. The first-order valence-corrected chi connectivity index (χ1v) is 6.56. The molecule has 1 aromatic rings. The largest absolute Gasteiger partial charge is 0.493 e. The first-order chi connectivity index (χ1) is 9.26. The fourth-order valence-corrected chi connectivity index (χ4v) is 1.78. The molecule has 0 amide bonds. The summed E-state index contributed by atoms with van der Waals surface area (Å²) >= 11 is 0. The fraction of sp³-hybridized carbons (Fsp3) is 0.571. The number of hydrogen-bond acceptors (Lipinski definition) is 5. The first-order valence-electron chi connectivity index (χ1n) is 6.56. The summed E-state index contributed by atoms with van der Waals surface area (Å²) in [7, 11) is 1.68. The first kappa shape index (κ1) is 15.8. The maximum Gasteiger partial charge on any atom is 0.121 e. The lowest BCUT2D eigenvalue weighted by molar-refractivity contribution is 0.126. The van der Waals surface area contributed by atoms with Gasteiger partial charge in [0, 0.05) is 38.5 Å². The number of anilines is 1. The summed E-state index contributed by atoms with van der Waals surface area (Å²) in [5.74, 6) is 0.797. The summed E-state index contributed by atoms with van der Waals surface area (Å²) < 4.78 is 10.7.